The summed E-state index contributed by atoms with van der Waals surface area (Å²) in [6.07, 6.45) is 4.47. The number of thioether (sulfide) groups is 1. The van der Waals surface area contributed by atoms with Gasteiger partial charge in [0.05, 0.1) is 11.3 Å². The number of nitrogens with one attached hydrogen (secondary N) is 1. The van der Waals surface area contributed by atoms with Crippen LogP contribution in [0.15, 0.2) is 29.2 Å². The molecule has 0 radical (unpaired) electrons. The van der Waals surface area contributed by atoms with Crippen LogP contribution in [-0.2, 0) is 4.79 Å². The number of halogens is 1. The zero-order chi connectivity index (χ0) is 16.9. The van der Waals surface area contributed by atoms with Crippen molar-refractivity contribution < 1.29 is 9.59 Å². The third kappa shape index (κ3) is 5.36. The lowest BCUT2D eigenvalue weighted by Gasteiger charge is -2.18. The van der Waals surface area contributed by atoms with Gasteiger partial charge in [0.25, 0.3) is 5.91 Å². The van der Waals surface area contributed by atoms with E-state index in [2.05, 4.69) is 5.32 Å². The maximum atomic E-state index is 12.6. The summed E-state index contributed by atoms with van der Waals surface area (Å²) in [5, 5.41) is 3.06. The van der Waals surface area contributed by atoms with E-state index in [4.69, 9.17) is 5.73 Å². The van der Waals surface area contributed by atoms with Crippen LogP contribution in [0.5, 0.6) is 0 Å². The van der Waals surface area contributed by atoms with Crippen molar-refractivity contribution in [3.05, 3.63) is 29.8 Å². The second kappa shape index (κ2) is 9.46. The van der Waals surface area contributed by atoms with Gasteiger partial charge in [0.2, 0.25) is 5.91 Å². The lowest BCUT2D eigenvalue weighted by Crippen LogP contribution is -2.41. The monoisotopic (exact) mass is 383 g/mol. The Morgan fingerprint density at radius 3 is 2.56 bits per heavy atom. The Labute approximate surface area is 159 Å². The second-order valence-corrected chi connectivity index (χ2v) is 7.54. The molecule has 1 aromatic carbocycles. The van der Waals surface area contributed by atoms with Crippen LogP contribution in [-0.4, -0.2) is 48.1 Å². The second-order valence-electron chi connectivity index (χ2n) is 6.53. The van der Waals surface area contributed by atoms with E-state index in [1.54, 1.807) is 0 Å². The number of hydrogen-bond donors (Lipinski definition) is 2. The molecule has 0 bridgehead atoms. The number of nitrogens with two attached hydrogens (primary N) is 1. The maximum Gasteiger partial charge on any atom is 0.252 e. The fourth-order valence-corrected chi connectivity index (χ4v) is 4.04. The largest absolute Gasteiger partial charge is 0.348 e. The first kappa shape index (κ1) is 20.1. The van der Waals surface area contributed by atoms with E-state index in [1.807, 2.05) is 29.2 Å². The summed E-state index contributed by atoms with van der Waals surface area (Å²) in [4.78, 5) is 27.6. The fraction of sp³-hybridized carbons (Fsp3) is 0.556. The highest BCUT2D eigenvalue weighted by atomic mass is 35.5. The molecule has 2 amide bonds. The summed E-state index contributed by atoms with van der Waals surface area (Å²) in [5.41, 5.74) is 6.41. The Balaban J connectivity index is 0.00000225. The molecule has 5 nitrogen and oxygen atoms in total. The lowest BCUT2D eigenvalue weighted by atomic mass is 10.1. The standard InChI is InChI=1S/C18H25N3O2S.ClH/c19-11-15(13-7-8-13)20-18(23)14-5-1-2-6-16(14)24-12-17(22)21-9-3-4-10-21;/h1-2,5-6,13,15H,3-4,7-12,19H2,(H,20,23);1H. The molecule has 1 saturated heterocycles. The van der Waals surface area contributed by atoms with Crippen molar-refractivity contribution in [3.63, 3.8) is 0 Å². The molecule has 1 heterocycles. The van der Waals surface area contributed by atoms with Gasteiger partial charge in [-0.3, -0.25) is 9.59 Å². The lowest BCUT2D eigenvalue weighted by molar-refractivity contribution is -0.127. The van der Waals surface area contributed by atoms with Crippen molar-refractivity contribution in [3.8, 4) is 0 Å². The summed E-state index contributed by atoms with van der Waals surface area (Å²) in [5.74, 6) is 0.975. The molecular formula is C18H26ClN3O2S. The number of hydrogen-bond acceptors (Lipinski definition) is 4. The minimum Gasteiger partial charge on any atom is -0.348 e. The van der Waals surface area contributed by atoms with E-state index in [0.717, 1.165) is 43.7 Å². The number of nitrogens with zero attached hydrogens (tertiary/aromatic N) is 1. The van der Waals surface area contributed by atoms with Gasteiger partial charge in [-0.25, -0.2) is 0 Å². The Hall–Kier alpha value is -1.24. The highest BCUT2D eigenvalue weighted by molar-refractivity contribution is 8.00. The van der Waals surface area contributed by atoms with Gasteiger partial charge in [0.15, 0.2) is 0 Å². The van der Waals surface area contributed by atoms with Gasteiger partial charge in [-0.1, -0.05) is 12.1 Å². The molecule has 138 valence electrons. The predicted molar refractivity (Wildman–Crippen MR) is 103 cm³/mol. The molecule has 0 spiro atoms. The van der Waals surface area contributed by atoms with E-state index in [-0.39, 0.29) is 30.3 Å². The topological polar surface area (TPSA) is 75.4 Å². The third-order valence-electron chi connectivity index (χ3n) is 4.70. The number of carbonyl (C=O) groups excluding carboxylic acids is 2. The zero-order valence-corrected chi connectivity index (χ0v) is 15.9. The first-order valence-electron chi connectivity index (χ1n) is 8.69. The minimum atomic E-state index is -0.0888. The van der Waals surface area contributed by atoms with E-state index in [0.29, 0.717) is 23.8 Å². The van der Waals surface area contributed by atoms with Gasteiger partial charge in [-0.2, -0.15) is 0 Å². The molecule has 1 saturated carbocycles. The van der Waals surface area contributed by atoms with E-state index in [9.17, 15) is 9.59 Å². The molecule has 1 atom stereocenters. The molecule has 2 fully saturated rings. The van der Waals surface area contributed by atoms with Crippen LogP contribution in [0.4, 0.5) is 0 Å². The van der Waals surface area contributed by atoms with Gasteiger partial charge in [0.1, 0.15) is 0 Å². The van der Waals surface area contributed by atoms with E-state index < -0.39 is 0 Å². The van der Waals surface area contributed by atoms with Crippen LogP contribution in [0, 0.1) is 5.92 Å². The van der Waals surface area contributed by atoms with Crippen molar-refractivity contribution in [2.24, 2.45) is 11.7 Å². The summed E-state index contributed by atoms with van der Waals surface area (Å²) in [6, 6.07) is 7.54. The predicted octanol–water partition coefficient (Wildman–Crippen LogP) is 2.29. The van der Waals surface area contributed by atoms with Crippen molar-refractivity contribution >= 4 is 36.0 Å². The van der Waals surface area contributed by atoms with E-state index in [1.165, 1.54) is 11.8 Å². The van der Waals surface area contributed by atoms with Crippen molar-refractivity contribution in [1.29, 1.82) is 0 Å². The van der Waals surface area contributed by atoms with Gasteiger partial charge < -0.3 is 16.0 Å². The van der Waals surface area contributed by atoms with Crippen molar-refractivity contribution in [1.82, 2.24) is 10.2 Å². The molecule has 1 unspecified atom stereocenters. The summed E-state index contributed by atoms with van der Waals surface area (Å²) in [6.45, 7) is 2.20. The first-order chi connectivity index (χ1) is 11.7. The summed E-state index contributed by atoms with van der Waals surface area (Å²) in [7, 11) is 0. The van der Waals surface area contributed by atoms with Gasteiger partial charge in [0, 0.05) is 30.6 Å². The molecule has 3 N–H and O–H groups in total. The average molecular weight is 384 g/mol. The van der Waals surface area contributed by atoms with Crippen molar-refractivity contribution in [2.45, 2.75) is 36.6 Å². The fourth-order valence-electron chi connectivity index (χ4n) is 3.09. The number of rotatable bonds is 7. The molecular weight excluding hydrogens is 358 g/mol. The number of benzene rings is 1. The van der Waals surface area contributed by atoms with Crippen LogP contribution in [0.1, 0.15) is 36.0 Å². The summed E-state index contributed by atoms with van der Waals surface area (Å²) < 4.78 is 0. The quantitative estimate of drug-likeness (QED) is 0.708. The van der Waals surface area contributed by atoms with Crippen molar-refractivity contribution in [2.75, 3.05) is 25.4 Å². The molecule has 2 aliphatic rings. The molecule has 25 heavy (non-hydrogen) atoms. The van der Waals surface area contributed by atoms with Crippen LogP contribution in [0.25, 0.3) is 0 Å². The smallest absolute Gasteiger partial charge is 0.252 e. The number of carbonyl (C=O) groups is 2. The molecule has 1 aliphatic heterocycles. The minimum absolute atomic E-state index is 0. The molecule has 1 aliphatic carbocycles. The first-order valence-corrected chi connectivity index (χ1v) is 9.68. The maximum absolute atomic E-state index is 12.6. The zero-order valence-electron chi connectivity index (χ0n) is 14.3. The van der Waals surface area contributed by atoms with Crippen LogP contribution in [0.3, 0.4) is 0 Å². The SMILES string of the molecule is Cl.NCC(NC(=O)c1ccccc1SCC(=O)N1CCCC1)C1CC1. The Kier molecular flexibility index (Phi) is 7.59. The molecule has 3 rings (SSSR count). The average Bonchev–Trinajstić information content (AvgIpc) is 3.30. The Bertz CT molecular complexity index is 604. The third-order valence-corrected chi connectivity index (χ3v) is 5.76. The van der Waals surface area contributed by atoms with Crippen LogP contribution >= 0.6 is 24.2 Å². The molecule has 0 aromatic heterocycles. The van der Waals surface area contributed by atoms with Gasteiger partial charge in [-0.05, 0) is 43.7 Å². The highest BCUT2D eigenvalue weighted by Crippen LogP contribution is 2.32. The van der Waals surface area contributed by atoms with Gasteiger partial charge in [-0.15, -0.1) is 24.2 Å². The highest BCUT2D eigenvalue weighted by Gasteiger charge is 2.31. The van der Waals surface area contributed by atoms with E-state index >= 15 is 0 Å². The Morgan fingerprint density at radius 2 is 1.92 bits per heavy atom. The van der Waals surface area contributed by atoms with Crippen LogP contribution in [0.2, 0.25) is 0 Å². The molecule has 1 aromatic rings. The number of likely N-dealkylation sites (tertiary alicyclic amines) is 1. The van der Waals surface area contributed by atoms with Crippen LogP contribution < -0.4 is 11.1 Å². The summed E-state index contributed by atoms with van der Waals surface area (Å²) >= 11 is 1.45. The van der Waals surface area contributed by atoms with Gasteiger partial charge >= 0.3 is 0 Å². The normalized spacial score (nSPS) is 17.7. The molecule has 7 heteroatoms. The number of amides is 2. The Morgan fingerprint density at radius 1 is 1.24 bits per heavy atom.